The molecule has 0 atom stereocenters. The lowest BCUT2D eigenvalue weighted by molar-refractivity contribution is -0.143. The van der Waals surface area contributed by atoms with Crippen LogP contribution >= 0.6 is 15.9 Å². The first-order chi connectivity index (χ1) is 22.7. The minimum absolute atomic E-state index is 0.218. The zero-order chi connectivity index (χ0) is 33.2. The molecule has 7 nitrogen and oxygen atoms in total. The highest BCUT2D eigenvalue weighted by atomic mass is 79.9. The number of piperidine rings is 1. The number of rotatable bonds is 11. The van der Waals surface area contributed by atoms with Crippen LogP contribution in [-0.4, -0.2) is 53.4 Å². The minimum Gasteiger partial charge on any atom is -0.489 e. The van der Waals surface area contributed by atoms with E-state index in [0.29, 0.717) is 30.9 Å². The molecule has 1 saturated heterocycles. The van der Waals surface area contributed by atoms with Crippen molar-refractivity contribution in [1.29, 1.82) is 0 Å². The van der Waals surface area contributed by atoms with Crippen LogP contribution in [0.1, 0.15) is 46.2 Å². The summed E-state index contributed by atoms with van der Waals surface area (Å²) >= 11 is 3.52. The molecule has 0 bridgehead atoms. The summed E-state index contributed by atoms with van der Waals surface area (Å²) in [4.78, 5) is 24.3. The number of halogens is 1. The molecule has 0 aromatic heterocycles. The van der Waals surface area contributed by atoms with Crippen LogP contribution in [-0.2, 0) is 16.1 Å². The van der Waals surface area contributed by atoms with Crippen molar-refractivity contribution in [3.05, 3.63) is 135 Å². The summed E-state index contributed by atoms with van der Waals surface area (Å²) in [7, 11) is 0. The normalized spacial score (nSPS) is 13.8. The number of ether oxygens (including phenoxy) is 2. The molecule has 47 heavy (non-hydrogen) atoms. The maximum absolute atomic E-state index is 11.2. The first kappa shape index (κ1) is 33.5. The van der Waals surface area contributed by atoms with Gasteiger partial charge in [0.25, 0.3) is 0 Å². The molecule has 8 heteroatoms. The van der Waals surface area contributed by atoms with Crippen molar-refractivity contribution < 1.29 is 29.3 Å². The van der Waals surface area contributed by atoms with Crippen LogP contribution in [0.2, 0.25) is 0 Å². The molecule has 0 aliphatic carbocycles. The van der Waals surface area contributed by atoms with Gasteiger partial charge in [-0.25, -0.2) is 4.79 Å². The SMILES string of the molecule is Cc1cc(OCC=C(c2ccc(Br)cc2)c2ccc(C#Cc3ccc(CN4CCC(C(=O)O)CC4)cc3)cc2)ccc1OCC(=O)O. The zero-order valence-electron chi connectivity index (χ0n) is 26.1. The Bertz CT molecular complexity index is 1780. The summed E-state index contributed by atoms with van der Waals surface area (Å²) in [6, 6.07) is 29.9. The molecule has 0 radical (unpaired) electrons. The van der Waals surface area contributed by atoms with E-state index < -0.39 is 18.5 Å². The lowest BCUT2D eigenvalue weighted by atomic mass is 9.96. The molecule has 5 rings (SSSR count). The first-order valence-electron chi connectivity index (χ1n) is 15.4. The maximum Gasteiger partial charge on any atom is 0.341 e. The Hall–Kier alpha value is -4.84. The van der Waals surface area contributed by atoms with Crippen molar-refractivity contribution >= 4 is 33.4 Å². The van der Waals surface area contributed by atoms with Gasteiger partial charge in [-0.15, -0.1) is 0 Å². The zero-order valence-corrected chi connectivity index (χ0v) is 27.7. The average molecular weight is 695 g/mol. The second-order valence-electron chi connectivity index (χ2n) is 11.5. The number of nitrogens with zero attached hydrogens (tertiary/aromatic N) is 1. The van der Waals surface area contributed by atoms with Crippen LogP contribution in [0.15, 0.2) is 102 Å². The van der Waals surface area contributed by atoms with Gasteiger partial charge >= 0.3 is 11.9 Å². The van der Waals surface area contributed by atoms with E-state index in [4.69, 9.17) is 14.6 Å². The number of hydrogen-bond donors (Lipinski definition) is 2. The van der Waals surface area contributed by atoms with Gasteiger partial charge in [0.2, 0.25) is 0 Å². The number of likely N-dealkylation sites (tertiary alicyclic amines) is 1. The van der Waals surface area contributed by atoms with Crippen LogP contribution in [0, 0.1) is 24.7 Å². The number of benzene rings is 4. The number of aliphatic carboxylic acids is 2. The van der Waals surface area contributed by atoms with Gasteiger partial charge in [0.15, 0.2) is 6.61 Å². The fraction of sp³-hybridized carbons (Fsp3) is 0.231. The van der Waals surface area contributed by atoms with Gasteiger partial charge in [-0.2, -0.15) is 0 Å². The molecule has 2 N–H and O–H groups in total. The van der Waals surface area contributed by atoms with Crippen molar-refractivity contribution in [2.24, 2.45) is 5.92 Å². The summed E-state index contributed by atoms with van der Waals surface area (Å²) in [5.41, 5.74) is 6.95. The van der Waals surface area contributed by atoms with E-state index >= 15 is 0 Å². The Balaban J connectivity index is 1.23. The predicted molar refractivity (Wildman–Crippen MR) is 186 cm³/mol. The lowest BCUT2D eigenvalue weighted by Crippen LogP contribution is -2.35. The number of carbonyl (C=O) groups is 2. The second kappa shape index (κ2) is 16.1. The first-order valence-corrected chi connectivity index (χ1v) is 16.2. The third-order valence-corrected chi connectivity index (χ3v) is 8.56. The Morgan fingerprint density at radius 2 is 1.45 bits per heavy atom. The van der Waals surface area contributed by atoms with Crippen LogP contribution in [0.5, 0.6) is 11.5 Å². The molecule has 0 spiro atoms. The van der Waals surface area contributed by atoms with Crippen LogP contribution < -0.4 is 9.47 Å². The van der Waals surface area contributed by atoms with Gasteiger partial charge in [-0.3, -0.25) is 9.69 Å². The van der Waals surface area contributed by atoms with E-state index in [1.165, 1.54) is 5.56 Å². The summed E-state index contributed by atoms with van der Waals surface area (Å²) in [5, 5.41) is 18.1. The van der Waals surface area contributed by atoms with E-state index in [1.807, 2.05) is 55.5 Å². The number of carboxylic acid groups (broad SMARTS) is 2. The van der Waals surface area contributed by atoms with E-state index in [0.717, 1.165) is 57.5 Å². The average Bonchev–Trinajstić information content (AvgIpc) is 3.07. The molecule has 240 valence electrons. The van der Waals surface area contributed by atoms with Gasteiger partial charge < -0.3 is 19.7 Å². The molecular formula is C39H36BrNO6. The predicted octanol–water partition coefficient (Wildman–Crippen LogP) is 7.43. The molecule has 0 saturated carbocycles. The van der Waals surface area contributed by atoms with Gasteiger partial charge in [-0.05, 0) is 121 Å². The number of aryl methyl sites for hydroxylation is 1. The summed E-state index contributed by atoms with van der Waals surface area (Å²) in [5.74, 6) is 5.79. The highest BCUT2D eigenvalue weighted by Crippen LogP contribution is 2.27. The molecule has 1 fully saturated rings. The van der Waals surface area contributed by atoms with Gasteiger partial charge in [0, 0.05) is 22.1 Å². The third-order valence-electron chi connectivity index (χ3n) is 8.03. The van der Waals surface area contributed by atoms with Crippen molar-refractivity contribution in [2.75, 3.05) is 26.3 Å². The van der Waals surface area contributed by atoms with Crippen molar-refractivity contribution in [1.82, 2.24) is 4.90 Å². The molecule has 4 aromatic rings. The van der Waals surface area contributed by atoms with E-state index in [1.54, 1.807) is 12.1 Å². The Labute approximate surface area is 283 Å². The van der Waals surface area contributed by atoms with Crippen LogP contribution in [0.25, 0.3) is 5.57 Å². The van der Waals surface area contributed by atoms with Gasteiger partial charge in [0.1, 0.15) is 18.1 Å². The molecular weight excluding hydrogens is 658 g/mol. The maximum atomic E-state index is 11.2. The quantitative estimate of drug-likeness (QED) is 0.158. The largest absolute Gasteiger partial charge is 0.489 e. The minimum atomic E-state index is -1.02. The topological polar surface area (TPSA) is 96.3 Å². The molecule has 0 unspecified atom stereocenters. The molecule has 4 aromatic carbocycles. The fourth-order valence-corrected chi connectivity index (χ4v) is 5.70. The Kier molecular flexibility index (Phi) is 11.5. The summed E-state index contributed by atoms with van der Waals surface area (Å²) in [6.45, 7) is 4.22. The van der Waals surface area contributed by atoms with Crippen LogP contribution in [0.3, 0.4) is 0 Å². The number of hydrogen-bond acceptors (Lipinski definition) is 5. The molecule has 1 aliphatic rings. The molecule has 1 heterocycles. The van der Waals surface area contributed by atoms with Gasteiger partial charge in [0.05, 0.1) is 5.92 Å². The molecule has 1 aliphatic heterocycles. The smallest absolute Gasteiger partial charge is 0.341 e. The Morgan fingerprint density at radius 3 is 2.02 bits per heavy atom. The summed E-state index contributed by atoms with van der Waals surface area (Å²) in [6.07, 6.45) is 3.45. The lowest BCUT2D eigenvalue weighted by Gasteiger charge is -2.29. The van der Waals surface area contributed by atoms with Crippen molar-refractivity contribution in [2.45, 2.75) is 26.3 Å². The highest BCUT2D eigenvalue weighted by Gasteiger charge is 2.24. The summed E-state index contributed by atoms with van der Waals surface area (Å²) < 4.78 is 12.3. The van der Waals surface area contributed by atoms with Crippen LogP contribution in [0.4, 0.5) is 0 Å². The molecule has 0 amide bonds. The standard InChI is InChI=1S/C39H36BrNO6/c1-27-24-35(16-17-37(27)47-26-38(42)43)46-23-20-36(32-12-14-34(40)15-13-32)31-10-8-29(9-11-31)3-2-28-4-6-30(7-5-28)25-41-21-18-33(19-22-41)39(44)45/h4-17,20,24,33H,18-19,21-23,25-26H2,1H3,(H,42,43)(H,44,45). The van der Waals surface area contributed by atoms with E-state index in [9.17, 15) is 14.7 Å². The number of carboxylic acids is 2. The van der Waals surface area contributed by atoms with Crippen molar-refractivity contribution in [3.63, 3.8) is 0 Å². The van der Waals surface area contributed by atoms with E-state index in [2.05, 4.69) is 69.1 Å². The third kappa shape index (κ3) is 9.82. The van der Waals surface area contributed by atoms with Crippen molar-refractivity contribution in [3.8, 4) is 23.3 Å². The monoisotopic (exact) mass is 693 g/mol. The fourth-order valence-electron chi connectivity index (χ4n) is 5.43. The highest BCUT2D eigenvalue weighted by molar-refractivity contribution is 9.10. The van der Waals surface area contributed by atoms with E-state index in [-0.39, 0.29) is 5.92 Å². The Morgan fingerprint density at radius 1 is 0.851 bits per heavy atom. The second-order valence-corrected chi connectivity index (χ2v) is 12.4. The van der Waals surface area contributed by atoms with Gasteiger partial charge in [-0.1, -0.05) is 64.2 Å².